The van der Waals surface area contributed by atoms with Gasteiger partial charge in [-0.2, -0.15) is 0 Å². The van der Waals surface area contributed by atoms with Crippen LogP contribution in [0.4, 0.5) is 0 Å². The van der Waals surface area contributed by atoms with Gasteiger partial charge in [-0.05, 0) is 49.1 Å². The Balaban J connectivity index is 1.45. The molecule has 1 saturated heterocycles. The van der Waals surface area contributed by atoms with Crippen molar-refractivity contribution in [2.75, 3.05) is 13.2 Å². The first kappa shape index (κ1) is 19.1. The number of nitrogens with zero attached hydrogens (tertiary/aromatic N) is 5. The summed E-state index contributed by atoms with van der Waals surface area (Å²) < 4.78 is 7.33. The molecular formula is C23H22N6O3. The average molecular weight is 430 g/mol. The van der Waals surface area contributed by atoms with Crippen molar-refractivity contribution in [1.82, 2.24) is 29.5 Å². The zero-order valence-corrected chi connectivity index (χ0v) is 17.7. The van der Waals surface area contributed by atoms with Crippen LogP contribution in [0.1, 0.15) is 51.8 Å². The van der Waals surface area contributed by atoms with Crippen LogP contribution in [0.5, 0.6) is 0 Å². The van der Waals surface area contributed by atoms with Gasteiger partial charge in [-0.3, -0.25) is 19.0 Å². The summed E-state index contributed by atoms with van der Waals surface area (Å²) in [6, 6.07) is 7.61. The van der Waals surface area contributed by atoms with E-state index in [-0.39, 0.29) is 23.0 Å². The van der Waals surface area contributed by atoms with Gasteiger partial charge in [0.05, 0.1) is 23.3 Å². The second-order valence-corrected chi connectivity index (χ2v) is 8.51. The summed E-state index contributed by atoms with van der Waals surface area (Å²) in [7, 11) is 0. The highest BCUT2D eigenvalue weighted by atomic mass is 16.5. The van der Waals surface area contributed by atoms with E-state index < -0.39 is 0 Å². The molecule has 2 aliphatic heterocycles. The Morgan fingerprint density at radius 2 is 2.03 bits per heavy atom. The number of amides is 1. The third-order valence-corrected chi connectivity index (χ3v) is 6.51. The summed E-state index contributed by atoms with van der Waals surface area (Å²) in [5.41, 5.74) is 4.76. The van der Waals surface area contributed by atoms with Crippen LogP contribution in [0.2, 0.25) is 0 Å². The molecule has 1 fully saturated rings. The molecule has 3 aromatic heterocycles. The molecule has 5 heterocycles. The van der Waals surface area contributed by atoms with Crippen molar-refractivity contribution in [2.45, 2.75) is 38.8 Å². The van der Waals surface area contributed by atoms with Crippen LogP contribution < -0.4 is 5.56 Å². The lowest BCUT2D eigenvalue weighted by molar-refractivity contribution is 0.0749. The molecule has 9 nitrogen and oxygen atoms in total. The maximum atomic E-state index is 13.4. The molecular weight excluding hydrogens is 408 g/mol. The number of hydrogen-bond donors (Lipinski definition) is 1. The zero-order chi connectivity index (χ0) is 21.8. The number of H-pyrrole nitrogens is 1. The third kappa shape index (κ3) is 2.92. The van der Waals surface area contributed by atoms with Crippen LogP contribution in [0, 0.1) is 6.92 Å². The lowest BCUT2D eigenvalue weighted by Crippen LogP contribution is -2.26. The lowest BCUT2D eigenvalue weighted by Gasteiger charge is -2.21. The van der Waals surface area contributed by atoms with Crippen molar-refractivity contribution >= 4 is 22.6 Å². The number of aromatic amines is 1. The van der Waals surface area contributed by atoms with Crippen molar-refractivity contribution in [3.8, 4) is 0 Å². The van der Waals surface area contributed by atoms with Crippen LogP contribution in [-0.4, -0.2) is 48.6 Å². The SMILES string of the molecule is Cc1cc2c(cc1C(=O)N1Cc3cccnc3C1)[nH]c(=O)c1nnc(C3CCOCC3)n12. The van der Waals surface area contributed by atoms with Gasteiger partial charge < -0.3 is 14.6 Å². The molecule has 0 unspecified atom stereocenters. The topological polar surface area (TPSA) is 105 Å². The molecule has 1 amide bonds. The minimum atomic E-state index is -0.316. The van der Waals surface area contributed by atoms with E-state index in [2.05, 4.69) is 20.2 Å². The second kappa shape index (κ2) is 7.23. The van der Waals surface area contributed by atoms with E-state index in [1.807, 2.05) is 29.5 Å². The molecule has 0 atom stereocenters. The number of ether oxygens (including phenoxy) is 1. The van der Waals surface area contributed by atoms with Gasteiger partial charge in [-0.25, -0.2) is 0 Å². The Hall–Kier alpha value is -3.59. The second-order valence-electron chi connectivity index (χ2n) is 8.51. The van der Waals surface area contributed by atoms with Crippen molar-refractivity contribution in [1.29, 1.82) is 0 Å². The number of nitrogens with one attached hydrogen (secondary N) is 1. The normalized spacial score (nSPS) is 16.7. The van der Waals surface area contributed by atoms with Crippen LogP contribution in [0.15, 0.2) is 35.3 Å². The predicted molar refractivity (Wildman–Crippen MR) is 116 cm³/mol. The number of benzene rings is 1. The molecule has 0 spiro atoms. The van der Waals surface area contributed by atoms with E-state index in [0.717, 1.165) is 41.0 Å². The summed E-state index contributed by atoms with van der Waals surface area (Å²) in [6.45, 7) is 4.29. The highest BCUT2D eigenvalue weighted by molar-refractivity contribution is 5.99. The number of aromatic nitrogens is 5. The lowest BCUT2D eigenvalue weighted by atomic mass is 9.99. The molecule has 6 rings (SSSR count). The molecule has 4 aromatic rings. The van der Waals surface area contributed by atoms with Crippen LogP contribution >= 0.6 is 0 Å². The maximum absolute atomic E-state index is 13.4. The third-order valence-electron chi connectivity index (χ3n) is 6.51. The summed E-state index contributed by atoms with van der Waals surface area (Å²) >= 11 is 0. The van der Waals surface area contributed by atoms with Crippen molar-refractivity contribution < 1.29 is 9.53 Å². The molecule has 32 heavy (non-hydrogen) atoms. The number of aryl methyl sites for hydroxylation is 1. The molecule has 1 aromatic carbocycles. The molecule has 2 aliphatic rings. The highest BCUT2D eigenvalue weighted by Crippen LogP contribution is 2.29. The zero-order valence-electron chi connectivity index (χ0n) is 17.7. The Labute approximate surface area is 183 Å². The molecule has 1 N–H and O–H groups in total. The predicted octanol–water partition coefficient (Wildman–Crippen LogP) is 2.32. The van der Waals surface area contributed by atoms with Crippen molar-refractivity contribution in [2.24, 2.45) is 0 Å². The van der Waals surface area contributed by atoms with Gasteiger partial charge in [0.1, 0.15) is 5.82 Å². The van der Waals surface area contributed by atoms with Gasteiger partial charge in [-0.1, -0.05) is 6.07 Å². The summed E-state index contributed by atoms with van der Waals surface area (Å²) in [5.74, 6) is 0.886. The maximum Gasteiger partial charge on any atom is 0.294 e. The monoisotopic (exact) mass is 430 g/mol. The summed E-state index contributed by atoms with van der Waals surface area (Å²) in [6.07, 6.45) is 3.43. The van der Waals surface area contributed by atoms with Gasteiger partial charge in [0.15, 0.2) is 0 Å². The van der Waals surface area contributed by atoms with Gasteiger partial charge in [0, 0.05) is 37.4 Å². The standard InChI is InChI=1S/C23H22N6O3/c1-13-9-19-17(10-16(13)23(31)28-11-15-3-2-6-24-18(15)12-28)25-22(30)21-27-26-20(29(19)21)14-4-7-32-8-5-14/h2-3,6,9-10,14H,4-5,7-8,11-12H2,1H3,(H,25,30). The number of carbonyl (C=O) groups excluding carboxylic acids is 1. The average Bonchev–Trinajstić information content (AvgIpc) is 3.45. The van der Waals surface area contributed by atoms with E-state index in [1.54, 1.807) is 17.2 Å². The van der Waals surface area contributed by atoms with E-state index in [4.69, 9.17) is 4.74 Å². The minimum absolute atomic E-state index is 0.0724. The van der Waals surface area contributed by atoms with E-state index in [1.165, 1.54) is 0 Å². The van der Waals surface area contributed by atoms with Crippen molar-refractivity contribution in [3.63, 3.8) is 0 Å². The Kier molecular flexibility index (Phi) is 4.32. The first-order valence-corrected chi connectivity index (χ1v) is 10.8. The van der Waals surface area contributed by atoms with E-state index in [9.17, 15) is 9.59 Å². The van der Waals surface area contributed by atoms with Crippen LogP contribution in [-0.2, 0) is 17.8 Å². The molecule has 0 radical (unpaired) electrons. The largest absolute Gasteiger partial charge is 0.381 e. The smallest absolute Gasteiger partial charge is 0.294 e. The van der Waals surface area contributed by atoms with Gasteiger partial charge in [0.25, 0.3) is 11.5 Å². The number of carbonyl (C=O) groups is 1. The number of hydrogen-bond acceptors (Lipinski definition) is 6. The molecule has 162 valence electrons. The number of rotatable bonds is 2. The van der Waals surface area contributed by atoms with Crippen LogP contribution in [0.3, 0.4) is 0 Å². The van der Waals surface area contributed by atoms with E-state index in [0.29, 0.717) is 37.4 Å². The Bertz CT molecular complexity index is 1410. The summed E-state index contributed by atoms with van der Waals surface area (Å²) in [5, 5.41) is 8.52. The molecule has 0 aliphatic carbocycles. The first-order chi connectivity index (χ1) is 15.6. The fraction of sp³-hybridized carbons (Fsp3) is 0.348. The fourth-order valence-electron chi connectivity index (χ4n) is 4.80. The fourth-order valence-corrected chi connectivity index (χ4v) is 4.80. The van der Waals surface area contributed by atoms with Crippen molar-refractivity contribution in [3.05, 3.63) is 69.0 Å². The van der Waals surface area contributed by atoms with Gasteiger partial charge >= 0.3 is 0 Å². The van der Waals surface area contributed by atoms with Gasteiger partial charge in [0.2, 0.25) is 5.65 Å². The number of fused-ring (bicyclic) bond motifs is 4. The summed E-state index contributed by atoms with van der Waals surface area (Å²) in [4.78, 5) is 35.2. The highest BCUT2D eigenvalue weighted by Gasteiger charge is 2.27. The molecule has 0 bridgehead atoms. The Morgan fingerprint density at radius 3 is 2.84 bits per heavy atom. The van der Waals surface area contributed by atoms with Crippen LogP contribution in [0.25, 0.3) is 16.7 Å². The quantitative estimate of drug-likeness (QED) is 0.523. The number of pyridine rings is 1. The molecule has 9 heteroatoms. The first-order valence-electron chi connectivity index (χ1n) is 10.8. The van der Waals surface area contributed by atoms with Gasteiger partial charge in [-0.15, -0.1) is 10.2 Å². The van der Waals surface area contributed by atoms with E-state index >= 15 is 0 Å². The molecule has 0 saturated carbocycles. The Morgan fingerprint density at radius 1 is 1.19 bits per heavy atom. The minimum Gasteiger partial charge on any atom is -0.381 e.